The van der Waals surface area contributed by atoms with E-state index in [9.17, 15) is 8.42 Å². The lowest BCUT2D eigenvalue weighted by atomic mass is 9.89. The number of sulfonamides is 1. The van der Waals surface area contributed by atoms with Crippen molar-refractivity contribution < 1.29 is 8.42 Å². The predicted octanol–water partition coefficient (Wildman–Crippen LogP) is 5.32. The van der Waals surface area contributed by atoms with E-state index in [0.29, 0.717) is 19.0 Å². The minimum Gasteiger partial charge on any atom is -0.361 e. The van der Waals surface area contributed by atoms with Gasteiger partial charge in [-0.2, -0.15) is 0 Å². The number of benzene rings is 1. The van der Waals surface area contributed by atoms with E-state index in [1.165, 1.54) is 39.1 Å². The number of aromatic amines is 1. The Morgan fingerprint density at radius 1 is 1.16 bits per heavy atom. The van der Waals surface area contributed by atoms with Gasteiger partial charge in [-0.05, 0) is 74.0 Å². The summed E-state index contributed by atoms with van der Waals surface area (Å²) < 4.78 is 26.0. The van der Waals surface area contributed by atoms with Crippen LogP contribution in [0.3, 0.4) is 0 Å². The molecule has 0 atom stereocenters. The van der Waals surface area contributed by atoms with Gasteiger partial charge in [0.1, 0.15) is 0 Å². The molecule has 0 unspecified atom stereocenters. The van der Waals surface area contributed by atoms with Crippen molar-refractivity contribution in [2.45, 2.75) is 52.0 Å². The van der Waals surface area contributed by atoms with Gasteiger partial charge in [0, 0.05) is 46.5 Å². The van der Waals surface area contributed by atoms with Gasteiger partial charge in [0.25, 0.3) is 0 Å². The van der Waals surface area contributed by atoms with Crippen LogP contribution in [0.5, 0.6) is 0 Å². The summed E-state index contributed by atoms with van der Waals surface area (Å²) in [6.45, 7) is 7.17. The van der Waals surface area contributed by atoms with Crippen LogP contribution < -0.4 is 5.32 Å². The van der Waals surface area contributed by atoms with Crippen molar-refractivity contribution in [3.63, 3.8) is 0 Å². The number of piperidine rings is 1. The minimum atomic E-state index is -3.08. The zero-order valence-corrected chi connectivity index (χ0v) is 20.1. The van der Waals surface area contributed by atoms with Gasteiger partial charge in [-0.3, -0.25) is 0 Å². The number of hydrogen-bond acceptors (Lipinski definition) is 4. The molecule has 3 aromatic rings. The zero-order chi connectivity index (χ0) is 21.8. The van der Waals surface area contributed by atoms with Crippen LogP contribution in [0, 0.1) is 0 Å². The fraction of sp³-hybridized carbons (Fsp3) is 0.500. The Kier molecular flexibility index (Phi) is 7.16. The first kappa shape index (κ1) is 22.5. The van der Waals surface area contributed by atoms with E-state index in [0.717, 1.165) is 31.4 Å². The van der Waals surface area contributed by atoms with Crippen molar-refractivity contribution in [3.8, 4) is 10.4 Å². The number of H-pyrrole nitrogens is 1. The molecular weight excluding hydrogens is 426 g/mol. The summed E-state index contributed by atoms with van der Waals surface area (Å²) in [5.41, 5.74) is 3.73. The lowest BCUT2D eigenvalue weighted by Gasteiger charge is -2.30. The topological polar surface area (TPSA) is 65.2 Å². The van der Waals surface area contributed by atoms with E-state index in [4.69, 9.17) is 0 Å². The minimum absolute atomic E-state index is 0.186. The van der Waals surface area contributed by atoms with Crippen molar-refractivity contribution in [1.29, 1.82) is 0 Å². The van der Waals surface area contributed by atoms with Crippen LogP contribution in [0.2, 0.25) is 0 Å². The Hall–Kier alpha value is -1.67. The van der Waals surface area contributed by atoms with Gasteiger partial charge in [0.05, 0.1) is 5.75 Å². The molecule has 0 radical (unpaired) electrons. The van der Waals surface area contributed by atoms with Crippen molar-refractivity contribution in [3.05, 3.63) is 47.0 Å². The first-order chi connectivity index (χ1) is 15.0. The third-order valence-corrected chi connectivity index (χ3v) is 9.33. The lowest BCUT2D eigenvalue weighted by Crippen LogP contribution is -2.38. The van der Waals surface area contributed by atoms with E-state index >= 15 is 0 Å². The number of unbranched alkanes of at least 4 members (excludes halogenated alkanes) is 1. The standard InChI is InChI=1S/C24H33N3O2S2/c1-3-5-12-25-16-20-7-9-24(30-20)19-6-8-23-21(15-19)22(17-26-23)18-10-13-27(14-11-18)31(28,29)4-2/h6-9,15,17-18,25-26H,3-5,10-14,16H2,1-2H3. The van der Waals surface area contributed by atoms with E-state index < -0.39 is 10.0 Å². The molecule has 0 aliphatic carbocycles. The number of fused-ring (bicyclic) bond motifs is 1. The Labute approximate surface area is 189 Å². The van der Waals surface area contributed by atoms with Crippen molar-refractivity contribution in [1.82, 2.24) is 14.6 Å². The molecule has 0 spiro atoms. The molecule has 2 N–H and O–H groups in total. The van der Waals surface area contributed by atoms with E-state index in [1.54, 1.807) is 11.2 Å². The smallest absolute Gasteiger partial charge is 0.213 e. The Balaban J connectivity index is 1.49. The molecule has 1 fully saturated rings. The summed E-state index contributed by atoms with van der Waals surface area (Å²) in [6.07, 6.45) is 6.32. The SMILES string of the molecule is CCCCNCc1ccc(-c2ccc3[nH]cc(C4CCN(S(=O)(=O)CC)CC4)c3c2)s1. The van der Waals surface area contributed by atoms with Gasteiger partial charge < -0.3 is 10.3 Å². The maximum Gasteiger partial charge on any atom is 0.213 e. The molecule has 1 aromatic carbocycles. The highest BCUT2D eigenvalue weighted by Gasteiger charge is 2.28. The highest BCUT2D eigenvalue weighted by atomic mass is 32.2. The van der Waals surface area contributed by atoms with Crippen LogP contribution in [-0.4, -0.2) is 43.1 Å². The molecule has 2 aromatic heterocycles. The Morgan fingerprint density at radius 2 is 1.97 bits per heavy atom. The molecule has 5 nitrogen and oxygen atoms in total. The second-order valence-corrected chi connectivity index (χ2v) is 11.8. The number of nitrogens with one attached hydrogen (secondary N) is 2. The molecule has 168 valence electrons. The van der Waals surface area contributed by atoms with Crippen LogP contribution in [0.25, 0.3) is 21.3 Å². The molecule has 1 aliphatic rings. The first-order valence-corrected chi connectivity index (χ1v) is 13.8. The molecule has 7 heteroatoms. The maximum atomic E-state index is 12.2. The fourth-order valence-corrected chi connectivity index (χ4v) is 6.51. The summed E-state index contributed by atoms with van der Waals surface area (Å²) in [5.74, 6) is 0.583. The van der Waals surface area contributed by atoms with Gasteiger partial charge in [0.2, 0.25) is 10.0 Å². The van der Waals surface area contributed by atoms with Gasteiger partial charge in [-0.25, -0.2) is 12.7 Å². The van der Waals surface area contributed by atoms with Crippen LogP contribution in [0.4, 0.5) is 0 Å². The lowest BCUT2D eigenvalue weighted by molar-refractivity contribution is 0.321. The second kappa shape index (κ2) is 9.86. The molecule has 3 heterocycles. The number of nitrogens with zero attached hydrogens (tertiary/aromatic N) is 1. The van der Waals surface area contributed by atoms with Crippen molar-refractivity contribution in [2.24, 2.45) is 0 Å². The highest BCUT2D eigenvalue weighted by molar-refractivity contribution is 7.89. The zero-order valence-electron chi connectivity index (χ0n) is 18.5. The van der Waals surface area contributed by atoms with E-state index in [-0.39, 0.29) is 5.75 Å². The summed E-state index contributed by atoms with van der Waals surface area (Å²) in [6, 6.07) is 11.1. The molecule has 0 bridgehead atoms. The van der Waals surface area contributed by atoms with Crippen molar-refractivity contribution >= 4 is 32.3 Å². The maximum absolute atomic E-state index is 12.2. The fourth-order valence-electron chi connectivity index (χ4n) is 4.40. The monoisotopic (exact) mass is 459 g/mol. The number of aromatic nitrogens is 1. The van der Waals surface area contributed by atoms with Gasteiger partial charge in [-0.15, -0.1) is 11.3 Å². The third-order valence-electron chi connectivity index (χ3n) is 6.32. The molecule has 0 saturated carbocycles. The third kappa shape index (κ3) is 5.06. The molecule has 1 saturated heterocycles. The van der Waals surface area contributed by atoms with Gasteiger partial charge in [0.15, 0.2) is 0 Å². The van der Waals surface area contributed by atoms with Crippen LogP contribution in [0.15, 0.2) is 36.5 Å². The van der Waals surface area contributed by atoms with Gasteiger partial charge in [-0.1, -0.05) is 19.4 Å². The summed E-state index contributed by atoms with van der Waals surface area (Å²) >= 11 is 1.86. The molecule has 0 amide bonds. The number of thiophene rings is 1. The number of rotatable bonds is 9. The molecule has 31 heavy (non-hydrogen) atoms. The second-order valence-electron chi connectivity index (χ2n) is 8.37. The normalized spacial score (nSPS) is 16.3. The highest BCUT2D eigenvalue weighted by Crippen LogP contribution is 2.37. The quantitative estimate of drug-likeness (QED) is 0.426. The first-order valence-electron chi connectivity index (χ1n) is 11.4. The van der Waals surface area contributed by atoms with Crippen LogP contribution >= 0.6 is 11.3 Å². The van der Waals surface area contributed by atoms with Crippen LogP contribution in [0.1, 0.15) is 55.9 Å². The Morgan fingerprint density at radius 3 is 2.71 bits per heavy atom. The average molecular weight is 460 g/mol. The van der Waals surface area contributed by atoms with Crippen molar-refractivity contribution in [2.75, 3.05) is 25.4 Å². The van der Waals surface area contributed by atoms with Crippen LogP contribution in [-0.2, 0) is 16.6 Å². The van der Waals surface area contributed by atoms with E-state index in [2.05, 4.69) is 53.8 Å². The largest absolute Gasteiger partial charge is 0.361 e. The Bertz CT molecular complexity index is 1110. The predicted molar refractivity (Wildman–Crippen MR) is 131 cm³/mol. The molecule has 4 rings (SSSR count). The number of hydrogen-bond donors (Lipinski definition) is 2. The molecular formula is C24H33N3O2S2. The van der Waals surface area contributed by atoms with E-state index in [1.807, 2.05) is 11.3 Å². The average Bonchev–Trinajstić information content (AvgIpc) is 3.43. The summed E-state index contributed by atoms with van der Waals surface area (Å²) in [7, 11) is -3.08. The van der Waals surface area contributed by atoms with Gasteiger partial charge >= 0.3 is 0 Å². The summed E-state index contributed by atoms with van der Waals surface area (Å²) in [4.78, 5) is 6.09. The summed E-state index contributed by atoms with van der Waals surface area (Å²) in [5, 5.41) is 4.79. The molecule has 1 aliphatic heterocycles.